The number of aliphatic carboxylic acids is 1. The third-order valence-electron chi connectivity index (χ3n) is 12.1. The van der Waals surface area contributed by atoms with Gasteiger partial charge in [0.1, 0.15) is 24.2 Å². The Bertz CT molecular complexity index is 1740. The number of likely N-dealkylation sites (tertiary alicyclic amines) is 1. The van der Waals surface area contributed by atoms with Crippen LogP contribution in [0.25, 0.3) is 0 Å². The molecule has 2 saturated carbocycles. The first-order valence-electron chi connectivity index (χ1n) is 21.9. The van der Waals surface area contributed by atoms with Crippen LogP contribution in [0.2, 0.25) is 0 Å². The van der Waals surface area contributed by atoms with Crippen molar-refractivity contribution in [3.63, 3.8) is 0 Å². The van der Waals surface area contributed by atoms with Crippen molar-refractivity contribution in [3.8, 4) is 0 Å². The monoisotopic (exact) mass is 890 g/mol. The number of hydrogen-bond donors (Lipinski definition) is 10. The molecule has 23 nitrogen and oxygen atoms in total. The number of amides is 7. The molecule has 2 heterocycles. The minimum absolute atomic E-state index is 0.116. The van der Waals surface area contributed by atoms with Crippen LogP contribution in [0.4, 0.5) is 9.59 Å². The third kappa shape index (κ3) is 14.4. The van der Waals surface area contributed by atoms with Crippen LogP contribution in [0, 0.1) is 29.6 Å². The summed E-state index contributed by atoms with van der Waals surface area (Å²) in [6.07, 6.45) is 2.77. The number of ether oxygens (including phenoxy) is 2. The maximum absolute atomic E-state index is 14.5. The first kappa shape index (κ1) is 49.9. The maximum atomic E-state index is 14.5. The highest BCUT2D eigenvalue weighted by atomic mass is 16.6. The summed E-state index contributed by atoms with van der Waals surface area (Å²) < 4.78 is 9.90. The first-order chi connectivity index (χ1) is 30.0. The zero-order chi connectivity index (χ0) is 46.4. The zero-order valence-corrected chi connectivity index (χ0v) is 36.8. The van der Waals surface area contributed by atoms with E-state index in [0.717, 1.165) is 25.7 Å². The molecule has 2 aliphatic heterocycles. The number of carbonyl (C=O) groups is 8. The highest BCUT2D eigenvalue weighted by Gasteiger charge is 2.64. The van der Waals surface area contributed by atoms with Crippen molar-refractivity contribution in [1.29, 1.82) is 0 Å². The van der Waals surface area contributed by atoms with Crippen LogP contribution in [-0.4, -0.2) is 145 Å². The van der Waals surface area contributed by atoms with E-state index in [1.165, 1.54) is 11.8 Å². The van der Waals surface area contributed by atoms with E-state index in [4.69, 9.17) is 25.9 Å². The maximum Gasteiger partial charge on any atom is 0.413 e. The predicted molar refractivity (Wildman–Crippen MR) is 227 cm³/mol. The van der Waals surface area contributed by atoms with E-state index in [2.05, 4.69) is 42.2 Å². The Hall–Kier alpha value is -5.74. The Balaban J connectivity index is 1.53. The van der Waals surface area contributed by atoms with Crippen molar-refractivity contribution in [2.45, 2.75) is 122 Å². The summed E-state index contributed by atoms with van der Waals surface area (Å²) in [7, 11) is 0. The minimum atomic E-state index is -1.37. The highest BCUT2D eigenvalue weighted by Crippen LogP contribution is 2.56. The summed E-state index contributed by atoms with van der Waals surface area (Å²) in [5.74, 6) is -5.73. The Morgan fingerprint density at radius 1 is 0.873 bits per heavy atom. The van der Waals surface area contributed by atoms with Crippen LogP contribution in [0.3, 0.4) is 0 Å². The average molecular weight is 891 g/mol. The van der Waals surface area contributed by atoms with Crippen LogP contribution < -0.4 is 48.7 Å². The Kier molecular flexibility index (Phi) is 18.7. The first-order valence-corrected chi connectivity index (χ1v) is 21.9. The van der Waals surface area contributed by atoms with E-state index in [1.807, 2.05) is 0 Å². The van der Waals surface area contributed by atoms with Crippen LogP contribution in [0.1, 0.15) is 86.0 Å². The van der Waals surface area contributed by atoms with E-state index in [-0.39, 0.29) is 93.2 Å². The second kappa shape index (κ2) is 23.6. The van der Waals surface area contributed by atoms with Gasteiger partial charge in [-0.05, 0) is 76.0 Å². The number of nitrogens with one attached hydrogen (secondary N) is 7. The Morgan fingerprint density at radius 2 is 1.54 bits per heavy atom. The van der Waals surface area contributed by atoms with Crippen molar-refractivity contribution >= 4 is 59.6 Å². The lowest BCUT2D eigenvalue weighted by atomic mass is 9.99. The quantitative estimate of drug-likeness (QED) is 0.0497. The number of hydrogen-bond acceptors (Lipinski definition) is 13. The molecule has 23 heteroatoms. The summed E-state index contributed by atoms with van der Waals surface area (Å²) in [6.45, 7) is 9.46. The van der Waals surface area contributed by atoms with E-state index in [9.17, 15) is 43.5 Å². The molecule has 4 rings (SSSR count). The second-order valence-corrected chi connectivity index (χ2v) is 16.6. The zero-order valence-electron chi connectivity index (χ0n) is 36.8. The lowest BCUT2D eigenvalue weighted by molar-refractivity contribution is -0.143. The Morgan fingerprint density at radius 3 is 2.16 bits per heavy atom. The van der Waals surface area contributed by atoms with E-state index < -0.39 is 77.9 Å². The molecule has 0 aromatic rings. The molecule has 4 fully saturated rings. The third-order valence-corrected chi connectivity index (χ3v) is 12.1. The average Bonchev–Trinajstić information content (AvgIpc) is 3.70. The molecule has 12 N–H and O–H groups in total. The number of alkyl carbamates (subject to hydrolysis) is 2. The normalized spacial score (nSPS) is 25.1. The molecule has 0 bridgehead atoms. The topological polar surface area (TPSA) is 339 Å². The summed E-state index contributed by atoms with van der Waals surface area (Å²) in [5, 5.41) is 28.9. The number of primary amides is 1. The van der Waals surface area contributed by atoms with Crippen molar-refractivity contribution < 1.29 is 52.9 Å². The van der Waals surface area contributed by atoms with E-state index in [0.29, 0.717) is 19.4 Å². The molecule has 2 saturated heterocycles. The minimum Gasteiger partial charge on any atom is -0.480 e. The van der Waals surface area contributed by atoms with Crippen molar-refractivity contribution in [2.24, 2.45) is 51.0 Å². The largest absolute Gasteiger partial charge is 0.480 e. The number of carboxylic acid groups (broad SMARTS) is 1. The van der Waals surface area contributed by atoms with E-state index in [1.54, 1.807) is 27.7 Å². The fraction of sp³-hybridized carbons (Fsp3) is 0.750. The van der Waals surface area contributed by atoms with Gasteiger partial charge in [0.25, 0.3) is 0 Å². The van der Waals surface area contributed by atoms with Gasteiger partial charge in [-0.1, -0.05) is 33.1 Å². The molecule has 0 aromatic heterocycles. The van der Waals surface area contributed by atoms with Gasteiger partial charge in [-0.3, -0.25) is 44.6 Å². The summed E-state index contributed by atoms with van der Waals surface area (Å²) in [4.78, 5) is 114. The lowest BCUT2D eigenvalue weighted by Crippen LogP contribution is -2.59. The fourth-order valence-electron chi connectivity index (χ4n) is 8.42. The molecule has 63 heavy (non-hydrogen) atoms. The molecule has 4 aliphatic rings. The summed E-state index contributed by atoms with van der Waals surface area (Å²) in [6, 6.07) is -5.44. The number of carbonyl (C=O) groups excluding carboxylic acids is 7. The van der Waals surface area contributed by atoms with Gasteiger partial charge in [0.2, 0.25) is 35.5 Å². The SMILES string of the molecule is CCOC(=O)NC(N)=NC[C@H]1CN[C@H](C(=O)N2C[C@@H]3[C@@H](CN=C(NC(=O)OCC)NC4CCCC4)[C@@H]3[C@H]2C(=O)N[C@@H](CCC(N)=O)C(=O)N[C@@H](C)C(=O)N[C@H](C(=O)O)[C@@H](C)CC)C1. The van der Waals surface area contributed by atoms with Crippen LogP contribution in [0.15, 0.2) is 9.98 Å². The van der Waals surface area contributed by atoms with Crippen molar-refractivity contribution in [1.82, 2.24) is 42.1 Å². The van der Waals surface area contributed by atoms with Crippen LogP contribution in [-0.2, 0) is 38.2 Å². The number of rotatable bonds is 20. The smallest absolute Gasteiger partial charge is 0.413 e. The van der Waals surface area contributed by atoms with Crippen LogP contribution >= 0.6 is 0 Å². The number of nitrogens with two attached hydrogens (primary N) is 2. The van der Waals surface area contributed by atoms with Crippen LogP contribution in [0.5, 0.6) is 0 Å². The van der Waals surface area contributed by atoms with Gasteiger partial charge in [-0.15, -0.1) is 0 Å². The summed E-state index contributed by atoms with van der Waals surface area (Å²) in [5.41, 5.74) is 11.3. The molecule has 0 aromatic carbocycles. The van der Waals surface area contributed by atoms with Gasteiger partial charge in [0.15, 0.2) is 5.96 Å². The lowest BCUT2D eigenvalue weighted by Gasteiger charge is -2.31. The fourth-order valence-corrected chi connectivity index (χ4v) is 8.42. The molecule has 0 unspecified atom stereocenters. The molecule has 0 radical (unpaired) electrons. The number of fused-ring (bicyclic) bond motifs is 1. The molecule has 10 atom stereocenters. The number of guanidine groups is 2. The molecular formula is C40H66N12O11. The molecule has 2 aliphatic carbocycles. The summed E-state index contributed by atoms with van der Waals surface area (Å²) >= 11 is 0. The molecule has 0 spiro atoms. The standard InChI is InChI=1S/C40H66N12O11/c1-6-20(4)30(36(58)59)49-32(54)21(5)46-33(55)26(13-14-28(41)53)48-34(56)31-29-24(18-45-38(51-40(61)63-8-3)47-23-11-9-10-12-23)25(29)19-52(31)35(57)27-15-22(16-43-27)17-44-37(42)50-39(60)62-7-2/h20-27,29-31,43H,6-19H2,1-5H3,(H2,41,53)(H,46,55)(H,48,56)(H,49,54)(H,58,59)(H3,42,44,50,60)(H2,45,47,51,61)/t20-,21-,22+,24+,25+,26-,27-,29-,30-,31-/m0/s1. The van der Waals surface area contributed by atoms with Crippen molar-refractivity contribution in [3.05, 3.63) is 0 Å². The van der Waals surface area contributed by atoms with Gasteiger partial charge >= 0.3 is 18.2 Å². The molecular weight excluding hydrogens is 825 g/mol. The van der Waals surface area contributed by atoms with Gasteiger partial charge in [0.05, 0.1) is 19.3 Å². The van der Waals surface area contributed by atoms with E-state index >= 15 is 0 Å². The predicted octanol–water partition coefficient (Wildman–Crippen LogP) is -1.40. The number of aliphatic imine (C=N–C) groups is 2. The molecule has 352 valence electrons. The Labute approximate surface area is 366 Å². The van der Waals surface area contributed by atoms with Gasteiger partial charge in [-0.2, -0.15) is 0 Å². The number of nitrogens with zero attached hydrogens (tertiary/aromatic N) is 3. The number of carboxylic acids is 1. The van der Waals surface area contributed by atoms with Gasteiger partial charge in [-0.25, -0.2) is 14.4 Å². The molecule has 7 amide bonds. The van der Waals surface area contributed by atoms with Crippen molar-refractivity contribution in [2.75, 3.05) is 39.4 Å². The van der Waals surface area contributed by atoms with Gasteiger partial charge < -0.3 is 57.5 Å². The highest BCUT2D eigenvalue weighted by molar-refractivity contribution is 5.97. The second-order valence-electron chi connectivity index (χ2n) is 16.6. The number of piperidine rings is 1. The van der Waals surface area contributed by atoms with Gasteiger partial charge in [0, 0.05) is 38.6 Å².